The molecule has 0 N–H and O–H groups in total. The molecule has 0 aromatic rings. The first-order chi connectivity index (χ1) is 36.0. The SMILES string of the molecule is CCCCC/C=C/C/C=C/C/C=C/C/C=C/CCCCCC(=O)OC[C@@H](COC(=O)CCCCCCCCCCCCCCCCCCC)OC(=O)CCCCC/C=C/C/C=C/C/C=C/C/C=C/CCCCC. The molecule has 0 heterocycles. The lowest BCUT2D eigenvalue weighted by Gasteiger charge is -2.18. The second-order valence-corrected chi connectivity index (χ2v) is 20.3. The molecule has 0 unspecified atom stereocenters. The monoisotopic (exact) mass is 1010 g/mol. The second-order valence-electron chi connectivity index (χ2n) is 20.3. The highest BCUT2D eigenvalue weighted by molar-refractivity contribution is 5.71. The van der Waals surface area contributed by atoms with Crippen LogP contribution in [0.2, 0.25) is 0 Å². The first-order valence-electron chi connectivity index (χ1n) is 30.7. The predicted octanol–water partition coefficient (Wildman–Crippen LogP) is 20.9. The maximum Gasteiger partial charge on any atom is 0.306 e. The molecule has 0 aliphatic rings. The van der Waals surface area contributed by atoms with E-state index in [-0.39, 0.29) is 37.5 Å². The van der Waals surface area contributed by atoms with Gasteiger partial charge in [-0.15, -0.1) is 0 Å². The molecule has 0 aromatic carbocycles. The number of carbonyl (C=O) groups is 3. The summed E-state index contributed by atoms with van der Waals surface area (Å²) in [5.74, 6) is -0.954. The van der Waals surface area contributed by atoms with Gasteiger partial charge in [-0.25, -0.2) is 0 Å². The zero-order valence-electron chi connectivity index (χ0n) is 47.9. The van der Waals surface area contributed by atoms with Crippen molar-refractivity contribution < 1.29 is 28.6 Å². The predicted molar refractivity (Wildman–Crippen MR) is 316 cm³/mol. The van der Waals surface area contributed by atoms with Gasteiger partial charge >= 0.3 is 17.9 Å². The minimum atomic E-state index is -0.808. The average molecular weight is 1020 g/mol. The van der Waals surface area contributed by atoms with Crippen LogP contribution in [0, 0.1) is 0 Å². The summed E-state index contributed by atoms with van der Waals surface area (Å²) in [4.78, 5) is 38.3. The number of carbonyl (C=O) groups excluding carboxylic acids is 3. The molecule has 0 aromatic heterocycles. The van der Waals surface area contributed by atoms with Crippen LogP contribution in [0.15, 0.2) is 97.2 Å². The lowest BCUT2D eigenvalue weighted by molar-refractivity contribution is -0.167. The zero-order valence-corrected chi connectivity index (χ0v) is 47.9. The van der Waals surface area contributed by atoms with Crippen LogP contribution >= 0.6 is 0 Å². The Kier molecular flexibility index (Phi) is 57.8. The Hall–Kier alpha value is -3.67. The van der Waals surface area contributed by atoms with Crippen LogP contribution < -0.4 is 0 Å². The molecule has 0 saturated heterocycles. The third-order valence-corrected chi connectivity index (χ3v) is 13.1. The summed E-state index contributed by atoms with van der Waals surface area (Å²) in [5, 5.41) is 0. The third-order valence-electron chi connectivity index (χ3n) is 13.1. The van der Waals surface area contributed by atoms with Gasteiger partial charge in [-0.05, 0) is 109 Å². The molecule has 0 rings (SSSR count). The van der Waals surface area contributed by atoms with Crippen molar-refractivity contribution in [3.63, 3.8) is 0 Å². The standard InChI is InChI=1S/C67H114O6/c1-4-7-10-13-16-19-22-25-28-31-33-36-39-42-45-48-51-54-57-60-66(69)72-63-64(62-71-65(68)59-56-53-50-47-44-41-38-35-30-27-24-21-18-15-12-9-6-3)73-67(70)61-58-55-52-49-46-43-40-37-34-32-29-26-23-20-17-14-11-8-5-2/h16-17,19-20,25-26,28-29,33-34,36-37,42-43,45-46,64H,4-15,18,21-24,27,30-32,35,38-41,44,47-63H2,1-3H3/b19-16+,20-17+,28-25+,29-26+,36-33+,37-34+,45-42+,46-43+/t64-/m1/s1. The Labute approximate surface area is 451 Å². The van der Waals surface area contributed by atoms with Crippen molar-refractivity contribution in [3.8, 4) is 0 Å². The minimum Gasteiger partial charge on any atom is -0.462 e. The highest BCUT2D eigenvalue weighted by atomic mass is 16.6. The van der Waals surface area contributed by atoms with Crippen LogP contribution in [-0.2, 0) is 28.6 Å². The Balaban J connectivity index is 4.50. The van der Waals surface area contributed by atoms with Crippen molar-refractivity contribution in [1.82, 2.24) is 0 Å². The fraction of sp³-hybridized carbons (Fsp3) is 0.716. The van der Waals surface area contributed by atoms with Crippen molar-refractivity contribution in [1.29, 1.82) is 0 Å². The molecule has 0 fully saturated rings. The maximum absolute atomic E-state index is 12.9. The van der Waals surface area contributed by atoms with Gasteiger partial charge in [0.2, 0.25) is 0 Å². The Morgan fingerprint density at radius 1 is 0.274 bits per heavy atom. The van der Waals surface area contributed by atoms with E-state index in [0.29, 0.717) is 12.8 Å². The number of esters is 3. The van der Waals surface area contributed by atoms with Crippen LogP contribution in [0.5, 0.6) is 0 Å². The number of hydrogen-bond donors (Lipinski definition) is 0. The molecule has 73 heavy (non-hydrogen) atoms. The zero-order chi connectivity index (χ0) is 52.9. The fourth-order valence-corrected chi connectivity index (χ4v) is 8.41. The van der Waals surface area contributed by atoms with E-state index in [0.717, 1.165) is 109 Å². The summed E-state index contributed by atoms with van der Waals surface area (Å²) in [5.41, 5.74) is 0. The molecule has 0 radical (unpaired) electrons. The number of unbranched alkanes of at least 4 members (excludes halogenated alkanes) is 28. The van der Waals surface area contributed by atoms with Crippen molar-refractivity contribution >= 4 is 17.9 Å². The third kappa shape index (κ3) is 59.1. The van der Waals surface area contributed by atoms with Crippen molar-refractivity contribution in [2.24, 2.45) is 0 Å². The van der Waals surface area contributed by atoms with Gasteiger partial charge in [0.25, 0.3) is 0 Å². The molecule has 0 saturated carbocycles. The minimum absolute atomic E-state index is 0.0993. The van der Waals surface area contributed by atoms with E-state index in [9.17, 15) is 14.4 Å². The van der Waals surface area contributed by atoms with Crippen LogP contribution in [0.3, 0.4) is 0 Å². The molecule has 0 amide bonds. The van der Waals surface area contributed by atoms with Crippen LogP contribution in [0.1, 0.15) is 290 Å². The van der Waals surface area contributed by atoms with E-state index in [4.69, 9.17) is 14.2 Å². The summed E-state index contributed by atoms with van der Waals surface area (Å²) >= 11 is 0. The van der Waals surface area contributed by atoms with Crippen molar-refractivity contribution in [3.05, 3.63) is 97.2 Å². The van der Waals surface area contributed by atoms with Gasteiger partial charge in [0.05, 0.1) is 0 Å². The van der Waals surface area contributed by atoms with Crippen LogP contribution in [0.25, 0.3) is 0 Å². The first-order valence-corrected chi connectivity index (χ1v) is 30.7. The number of hydrogen-bond acceptors (Lipinski definition) is 6. The first kappa shape index (κ1) is 69.3. The average Bonchev–Trinajstić information content (AvgIpc) is 3.39. The Morgan fingerprint density at radius 3 is 0.795 bits per heavy atom. The highest BCUT2D eigenvalue weighted by Gasteiger charge is 2.19. The maximum atomic E-state index is 12.9. The lowest BCUT2D eigenvalue weighted by Crippen LogP contribution is -2.30. The molecule has 1 atom stereocenters. The fourth-order valence-electron chi connectivity index (χ4n) is 8.41. The molecule has 0 aliphatic heterocycles. The highest BCUT2D eigenvalue weighted by Crippen LogP contribution is 2.16. The molecular formula is C67H114O6. The van der Waals surface area contributed by atoms with Gasteiger partial charge in [-0.2, -0.15) is 0 Å². The largest absolute Gasteiger partial charge is 0.462 e. The van der Waals surface area contributed by atoms with Crippen molar-refractivity contribution in [2.75, 3.05) is 13.2 Å². The van der Waals surface area contributed by atoms with E-state index >= 15 is 0 Å². The summed E-state index contributed by atoms with van der Waals surface area (Å²) < 4.78 is 16.9. The van der Waals surface area contributed by atoms with E-state index in [2.05, 4.69) is 118 Å². The molecule has 6 heteroatoms. The van der Waals surface area contributed by atoms with Gasteiger partial charge in [0.15, 0.2) is 6.10 Å². The van der Waals surface area contributed by atoms with Crippen LogP contribution in [-0.4, -0.2) is 37.2 Å². The van der Waals surface area contributed by atoms with Gasteiger partial charge in [-0.3, -0.25) is 14.4 Å². The Bertz CT molecular complexity index is 1440. The summed E-state index contributed by atoms with van der Waals surface area (Å²) in [6.45, 7) is 6.55. The smallest absolute Gasteiger partial charge is 0.306 e. The molecule has 6 nitrogen and oxygen atoms in total. The molecular weight excluding hydrogens is 901 g/mol. The Morgan fingerprint density at radius 2 is 0.493 bits per heavy atom. The second kappa shape index (κ2) is 60.9. The summed E-state index contributed by atoms with van der Waals surface area (Å²) in [7, 11) is 0. The van der Waals surface area contributed by atoms with Gasteiger partial charge in [0, 0.05) is 19.3 Å². The van der Waals surface area contributed by atoms with Gasteiger partial charge in [0.1, 0.15) is 13.2 Å². The van der Waals surface area contributed by atoms with Crippen LogP contribution in [0.4, 0.5) is 0 Å². The van der Waals surface area contributed by atoms with E-state index in [1.54, 1.807) is 0 Å². The van der Waals surface area contributed by atoms with Crippen molar-refractivity contribution in [2.45, 2.75) is 297 Å². The van der Waals surface area contributed by atoms with Gasteiger partial charge < -0.3 is 14.2 Å². The number of rotatable bonds is 55. The molecule has 0 bridgehead atoms. The van der Waals surface area contributed by atoms with E-state index < -0.39 is 6.10 Å². The topological polar surface area (TPSA) is 78.9 Å². The number of ether oxygens (including phenoxy) is 3. The normalized spacial score (nSPS) is 12.8. The molecule has 0 spiro atoms. The summed E-state index contributed by atoms with van der Waals surface area (Å²) in [6, 6.07) is 0. The van der Waals surface area contributed by atoms with E-state index in [1.807, 2.05) is 0 Å². The molecule has 418 valence electrons. The van der Waals surface area contributed by atoms with E-state index in [1.165, 1.54) is 141 Å². The quantitative estimate of drug-likeness (QED) is 0.0261. The number of allylic oxidation sites excluding steroid dienone is 16. The molecule has 0 aliphatic carbocycles. The summed E-state index contributed by atoms with van der Waals surface area (Å²) in [6.07, 6.45) is 81.1. The van der Waals surface area contributed by atoms with Gasteiger partial charge in [-0.1, -0.05) is 259 Å². The lowest BCUT2D eigenvalue weighted by atomic mass is 10.0.